The lowest BCUT2D eigenvalue weighted by molar-refractivity contribution is -0.123. The number of hydrogen-bond donors (Lipinski definition) is 0. The monoisotopic (exact) mass is 222 g/mol. The number of carbonyl (C=O) groups is 1. The zero-order chi connectivity index (χ0) is 10.3. The van der Waals surface area contributed by atoms with E-state index < -0.39 is 0 Å². The zero-order valence-electron chi connectivity index (χ0n) is 8.56. The quantitative estimate of drug-likeness (QED) is 0.765. The van der Waals surface area contributed by atoms with Crippen LogP contribution in [0.3, 0.4) is 0 Å². The highest BCUT2D eigenvalue weighted by atomic mass is 32.1. The van der Waals surface area contributed by atoms with Crippen LogP contribution in [0.4, 0.5) is 0 Å². The fraction of sp³-hybridized carbons (Fsp3) is 0.636. The molecule has 0 N–H and O–H groups in total. The molecular formula is C11H14N2OS. The van der Waals surface area contributed by atoms with Crippen LogP contribution in [0.15, 0.2) is 10.9 Å². The number of fused-ring (bicyclic) bond motifs is 2. The van der Waals surface area contributed by atoms with Gasteiger partial charge in [-0.2, -0.15) is 0 Å². The average Bonchev–Trinajstić information content (AvgIpc) is 2.77. The molecule has 3 nitrogen and oxygen atoms in total. The molecule has 3 rings (SSSR count). The third-order valence-electron chi connectivity index (χ3n) is 3.53. The first kappa shape index (κ1) is 9.48. The lowest BCUT2D eigenvalue weighted by Crippen LogP contribution is -2.42. The van der Waals surface area contributed by atoms with Crippen molar-refractivity contribution >= 4 is 17.1 Å². The number of nitrogens with zero attached hydrogens (tertiary/aromatic N) is 2. The molecule has 0 spiro atoms. The van der Waals surface area contributed by atoms with Crippen molar-refractivity contribution in [1.82, 2.24) is 9.88 Å². The molecular weight excluding hydrogens is 208 g/mol. The fourth-order valence-corrected chi connectivity index (χ4v) is 3.37. The van der Waals surface area contributed by atoms with E-state index in [0.29, 0.717) is 17.9 Å². The van der Waals surface area contributed by atoms with Crippen LogP contribution in [0.1, 0.15) is 31.4 Å². The van der Waals surface area contributed by atoms with Crippen molar-refractivity contribution in [3.8, 4) is 0 Å². The number of thiazole rings is 1. The molecule has 2 bridgehead atoms. The van der Waals surface area contributed by atoms with Gasteiger partial charge in [0.05, 0.1) is 11.2 Å². The number of carbonyl (C=O) groups excluding carboxylic acids is 1. The van der Waals surface area contributed by atoms with Crippen LogP contribution in [-0.2, 0) is 11.3 Å². The normalized spacial score (nSPS) is 31.1. The van der Waals surface area contributed by atoms with Crippen molar-refractivity contribution < 1.29 is 4.79 Å². The first-order valence-corrected chi connectivity index (χ1v) is 6.42. The van der Waals surface area contributed by atoms with E-state index in [-0.39, 0.29) is 0 Å². The molecule has 2 unspecified atom stereocenters. The summed E-state index contributed by atoms with van der Waals surface area (Å²) >= 11 is 1.65. The maximum atomic E-state index is 11.4. The smallest absolute Gasteiger partial charge is 0.136 e. The molecule has 1 aromatic rings. The van der Waals surface area contributed by atoms with Gasteiger partial charge < -0.3 is 0 Å². The van der Waals surface area contributed by atoms with Crippen molar-refractivity contribution in [2.45, 2.75) is 44.3 Å². The van der Waals surface area contributed by atoms with Gasteiger partial charge in [-0.15, -0.1) is 11.3 Å². The largest absolute Gasteiger partial charge is 0.300 e. The SMILES string of the molecule is O=C1CC2CCC(C1)N2Cc1cscn1. The van der Waals surface area contributed by atoms with Crippen molar-refractivity contribution in [2.24, 2.45) is 0 Å². The highest BCUT2D eigenvalue weighted by Crippen LogP contribution is 2.34. The summed E-state index contributed by atoms with van der Waals surface area (Å²) < 4.78 is 0. The third kappa shape index (κ3) is 1.72. The first-order chi connectivity index (χ1) is 7.33. The minimum Gasteiger partial charge on any atom is -0.300 e. The summed E-state index contributed by atoms with van der Waals surface area (Å²) in [5.41, 5.74) is 3.04. The Balaban J connectivity index is 1.75. The molecule has 0 radical (unpaired) electrons. The van der Waals surface area contributed by atoms with Gasteiger partial charge in [0.15, 0.2) is 0 Å². The summed E-state index contributed by atoms with van der Waals surface area (Å²) in [5.74, 6) is 0.456. The van der Waals surface area contributed by atoms with E-state index in [4.69, 9.17) is 0 Å². The zero-order valence-corrected chi connectivity index (χ0v) is 9.37. The maximum Gasteiger partial charge on any atom is 0.136 e. The molecule has 1 aromatic heterocycles. The van der Waals surface area contributed by atoms with E-state index in [1.807, 2.05) is 5.51 Å². The Bertz CT molecular complexity index is 347. The van der Waals surface area contributed by atoms with Gasteiger partial charge in [0.1, 0.15) is 5.78 Å². The van der Waals surface area contributed by atoms with Crippen molar-refractivity contribution in [2.75, 3.05) is 0 Å². The minimum atomic E-state index is 0.456. The van der Waals surface area contributed by atoms with E-state index in [9.17, 15) is 4.79 Å². The molecule has 3 heterocycles. The van der Waals surface area contributed by atoms with Crippen LogP contribution in [0.25, 0.3) is 0 Å². The number of Topliss-reactive ketones (excluding diaryl/α,β-unsaturated/α-hetero) is 1. The summed E-state index contributed by atoms with van der Waals surface area (Å²) in [5, 5.41) is 2.11. The third-order valence-corrected chi connectivity index (χ3v) is 4.16. The van der Waals surface area contributed by atoms with Gasteiger partial charge in [0.25, 0.3) is 0 Å². The van der Waals surface area contributed by atoms with Gasteiger partial charge in [-0.1, -0.05) is 0 Å². The van der Waals surface area contributed by atoms with Crippen molar-refractivity contribution in [3.05, 3.63) is 16.6 Å². The molecule has 2 fully saturated rings. The molecule has 2 aliphatic rings. The van der Waals surface area contributed by atoms with Gasteiger partial charge in [0, 0.05) is 36.9 Å². The molecule has 0 amide bonds. The summed E-state index contributed by atoms with van der Waals surface area (Å²) in [6.07, 6.45) is 3.92. The molecule has 4 heteroatoms. The highest BCUT2D eigenvalue weighted by molar-refractivity contribution is 7.07. The predicted molar refractivity (Wildman–Crippen MR) is 58.7 cm³/mol. The van der Waals surface area contributed by atoms with Crippen LogP contribution in [-0.4, -0.2) is 27.8 Å². The van der Waals surface area contributed by atoms with Crippen molar-refractivity contribution in [1.29, 1.82) is 0 Å². The topological polar surface area (TPSA) is 33.2 Å². The van der Waals surface area contributed by atoms with E-state index in [1.165, 1.54) is 12.8 Å². The molecule has 2 saturated heterocycles. The van der Waals surface area contributed by atoms with Crippen LogP contribution in [0.5, 0.6) is 0 Å². The maximum absolute atomic E-state index is 11.4. The van der Waals surface area contributed by atoms with Crippen LogP contribution in [0.2, 0.25) is 0 Å². The van der Waals surface area contributed by atoms with Gasteiger partial charge in [0.2, 0.25) is 0 Å². The number of piperidine rings is 1. The average molecular weight is 222 g/mol. The Hall–Kier alpha value is -0.740. The first-order valence-electron chi connectivity index (χ1n) is 5.47. The van der Waals surface area contributed by atoms with Gasteiger partial charge in [-0.25, -0.2) is 4.98 Å². The summed E-state index contributed by atoms with van der Waals surface area (Å²) in [4.78, 5) is 18.2. The Morgan fingerprint density at radius 3 is 2.73 bits per heavy atom. The highest BCUT2D eigenvalue weighted by Gasteiger charge is 2.39. The van der Waals surface area contributed by atoms with E-state index in [2.05, 4.69) is 15.3 Å². The fourth-order valence-electron chi connectivity index (χ4n) is 2.82. The summed E-state index contributed by atoms with van der Waals surface area (Å²) in [6, 6.07) is 0.996. The van der Waals surface area contributed by atoms with Crippen molar-refractivity contribution in [3.63, 3.8) is 0 Å². The minimum absolute atomic E-state index is 0.456. The van der Waals surface area contributed by atoms with Gasteiger partial charge in [-0.05, 0) is 12.8 Å². The second kappa shape index (κ2) is 3.68. The summed E-state index contributed by atoms with van der Waals surface area (Å²) in [6.45, 7) is 0.937. The Kier molecular flexibility index (Phi) is 2.33. The second-order valence-electron chi connectivity index (χ2n) is 4.48. The van der Waals surface area contributed by atoms with E-state index in [0.717, 1.165) is 25.1 Å². The standard InChI is InChI=1S/C11H14N2OS/c14-11-3-9-1-2-10(4-11)13(9)5-8-6-15-7-12-8/h6-7,9-10H,1-5H2. The molecule has 0 saturated carbocycles. The second-order valence-corrected chi connectivity index (χ2v) is 5.20. The number of rotatable bonds is 2. The van der Waals surface area contributed by atoms with Crippen LogP contribution < -0.4 is 0 Å². The van der Waals surface area contributed by atoms with E-state index in [1.54, 1.807) is 11.3 Å². The van der Waals surface area contributed by atoms with Crippen LogP contribution >= 0.6 is 11.3 Å². The molecule has 2 aliphatic heterocycles. The molecule has 2 atom stereocenters. The van der Waals surface area contributed by atoms with E-state index >= 15 is 0 Å². The van der Waals surface area contributed by atoms with Crippen LogP contribution in [0, 0.1) is 0 Å². The molecule has 0 aliphatic carbocycles. The molecule has 15 heavy (non-hydrogen) atoms. The molecule has 0 aromatic carbocycles. The Morgan fingerprint density at radius 1 is 1.40 bits per heavy atom. The summed E-state index contributed by atoms with van der Waals surface area (Å²) in [7, 11) is 0. The number of ketones is 1. The lowest BCUT2D eigenvalue weighted by atomic mass is 10.0. The molecule has 80 valence electrons. The van der Waals surface area contributed by atoms with Gasteiger partial charge in [-0.3, -0.25) is 9.69 Å². The lowest BCUT2D eigenvalue weighted by Gasteiger charge is -2.33. The number of aromatic nitrogens is 1. The Labute approximate surface area is 93.1 Å². The number of hydrogen-bond acceptors (Lipinski definition) is 4. The van der Waals surface area contributed by atoms with Gasteiger partial charge >= 0.3 is 0 Å². The predicted octanol–water partition coefficient (Wildman–Crippen LogP) is 1.84. The Morgan fingerprint density at radius 2 is 2.13 bits per heavy atom.